The van der Waals surface area contributed by atoms with Crippen LogP contribution < -0.4 is 0 Å². The Morgan fingerprint density at radius 2 is 2.28 bits per heavy atom. The Labute approximate surface area is 106 Å². The second-order valence-electron chi connectivity index (χ2n) is 4.68. The van der Waals surface area contributed by atoms with Gasteiger partial charge in [-0.1, -0.05) is 30.4 Å². The summed E-state index contributed by atoms with van der Waals surface area (Å²) in [4.78, 5) is 4.13. The summed E-state index contributed by atoms with van der Waals surface area (Å²) in [5.74, 6) is 0. The van der Waals surface area contributed by atoms with E-state index in [-0.39, 0.29) is 0 Å². The number of fused-ring (bicyclic) bond motifs is 1. The van der Waals surface area contributed by atoms with Gasteiger partial charge in [0.15, 0.2) is 12.0 Å². The first-order valence-electron chi connectivity index (χ1n) is 6.14. The Morgan fingerprint density at radius 3 is 3.11 bits per heavy atom. The lowest BCUT2D eigenvalue weighted by molar-refractivity contribution is 0.602. The highest BCUT2D eigenvalue weighted by Crippen LogP contribution is 2.29. The zero-order valence-corrected chi connectivity index (χ0v) is 10.4. The molecule has 0 N–H and O–H groups in total. The van der Waals surface area contributed by atoms with Crippen LogP contribution >= 0.6 is 0 Å². The molecular formula is C16H15NO. The van der Waals surface area contributed by atoms with Crippen molar-refractivity contribution in [1.29, 1.82) is 0 Å². The van der Waals surface area contributed by atoms with Crippen LogP contribution in [0.5, 0.6) is 0 Å². The molecule has 0 saturated carbocycles. The number of oxazole rings is 1. The molecule has 2 aromatic rings. The zero-order chi connectivity index (χ0) is 12.5. The van der Waals surface area contributed by atoms with Gasteiger partial charge in [0.05, 0.1) is 0 Å². The fraction of sp³-hybridized carbons (Fsp3) is 0.188. The van der Waals surface area contributed by atoms with Gasteiger partial charge in [-0.15, -0.1) is 0 Å². The topological polar surface area (TPSA) is 26.0 Å². The number of allylic oxidation sites excluding steroid dienone is 5. The molecule has 1 aromatic heterocycles. The Morgan fingerprint density at radius 1 is 1.39 bits per heavy atom. The van der Waals surface area contributed by atoms with Crippen LogP contribution in [0.4, 0.5) is 0 Å². The molecule has 0 radical (unpaired) electrons. The summed E-state index contributed by atoms with van der Waals surface area (Å²) in [5.41, 5.74) is 6.66. The molecule has 0 saturated heterocycles. The van der Waals surface area contributed by atoms with Gasteiger partial charge in [-0.2, -0.15) is 0 Å². The molecule has 2 nitrogen and oxygen atoms in total. The fourth-order valence-electron chi connectivity index (χ4n) is 2.27. The molecule has 3 rings (SSSR count). The highest BCUT2D eigenvalue weighted by molar-refractivity contribution is 5.83. The summed E-state index contributed by atoms with van der Waals surface area (Å²) in [7, 11) is 0. The van der Waals surface area contributed by atoms with E-state index in [1.54, 1.807) is 0 Å². The Bertz CT molecular complexity index is 673. The van der Waals surface area contributed by atoms with Crippen molar-refractivity contribution in [2.75, 3.05) is 0 Å². The van der Waals surface area contributed by atoms with Crippen LogP contribution in [0, 0.1) is 0 Å². The summed E-state index contributed by atoms with van der Waals surface area (Å²) in [5, 5.41) is 0. The van der Waals surface area contributed by atoms with Gasteiger partial charge in [0, 0.05) is 0 Å². The van der Waals surface area contributed by atoms with Crippen molar-refractivity contribution in [3.8, 4) is 0 Å². The summed E-state index contributed by atoms with van der Waals surface area (Å²) in [6, 6.07) is 6.14. The van der Waals surface area contributed by atoms with Gasteiger partial charge in [0.1, 0.15) is 5.52 Å². The van der Waals surface area contributed by atoms with Crippen molar-refractivity contribution in [2.24, 2.45) is 0 Å². The first kappa shape index (κ1) is 11.0. The number of benzene rings is 1. The largest absolute Gasteiger partial charge is 0.443 e. The van der Waals surface area contributed by atoms with Crippen LogP contribution in [0.15, 0.2) is 58.9 Å². The molecule has 0 fully saturated rings. The van der Waals surface area contributed by atoms with Crippen molar-refractivity contribution < 1.29 is 4.42 Å². The molecule has 1 heterocycles. The SMILES string of the molecule is C=C(C)C1=CC(c2ccc3ncoc3c2)=CCC1. The number of hydrogen-bond acceptors (Lipinski definition) is 2. The van der Waals surface area contributed by atoms with E-state index in [4.69, 9.17) is 4.42 Å². The molecule has 18 heavy (non-hydrogen) atoms. The van der Waals surface area contributed by atoms with Crippen LogP contribution in [0.3, 0.4) is 0 Å². The first-order valence-corrected chi connectivity index (χ1v) is 6.14. The lowest BCUT2D eigenvalue weighted by atomic mass is 9.91. The van der Waals surface area contributed by atoms with Crippen molar-refractivity contribution in [2.45, 2.75) is 19.8 Å². The molecule has 0 amide bonds. The fourth-order valence-corrected chi connectivity index (χ4v) is 2.27. The Hall–Kier alpha value is -2.09. The predicted molar refractivity (Wildman–Crippen MR) is 74.1 cm³/mol. The Balaban J connectivity index is 2.03. The van der Waals surface area contributed by atoms with E-state index in [0.717, 1.165) is 29.5 Å². The molecule has 0 unspecified atom stereocenters. The lowest BCUT2D eigenvalue weighted by Crippen LogP contribution is -1.93. The molecule has 0 aliphatic heterocycles. The standard InChI is InChI=1S/C16H15NO/c1-11(2)12-4-3-5-13(8-12)14-6-7-15-16(9-14)18-10-17-15/h5-10H,1,3-4H2,2H3. The maximum Gasteiger partial charge on any atom is 0.181 e. The molecular weight excluding hydrogens is 222 g/mol. The summed E-state index contributed by atoms with van der Waals surface area (Å²) < 4.78 is 5.35. The molecule has 90 valence electrons. The van der Waals surface area contributed by atoms with Crippen LogP contribution in [0.1, 0.15) is 25.3 Å². The number of aromatic nitrogens is 1. The van der Waals surface area contributed by atoms with E-state index >= 15 is 0 Å². The van der Waals surface area contributed by atoms with Crippen molar-refractivity contribution in [1.82, 2.24) is 4.98 Å². The third-order valence-electron chi connectivity index (χ3n) is 3.32. The molecule has 0 bridgehead atoms. The molecule has 2 heteroatoms. The summed E-state index contributed by atoms with van der Waals surface area (Å²) >= 11 is 0. The lowest BCUT2D eigenvalue weighted by Gasteiger charge is -2.14. The second-order valence-corrected chi connectivity index (χ2v) is 4.68. The minimum absolute atomic E-state index is 0.837. The average molecular weight is 237 g/mol. The quantitative estimate of drug-likeness (QED) is 0.768. The smallest absolute Gasteiger partial charge is 0.181 e. The molecule has 1 aliphatic carbocycles. The maximum absolute atomic E-state index is 5.35. The van der Waals surface area contributed by atoms with Gasteiger partial charge < -0.3 is 4.42 Å². The van der Waals surface area contributed by atoms with E-state index < -0.39 is 0 Å². The van der Waals surface area contributed by atoms with Gasteiger partial charge in [0.25, 0.3) is 0 Å². The van der Waals surface area contributed by atoms with Crippen molar-refractivity contribution in [3.05, 3.63) is 60.0 Å². The number of hydrogen-bond donors (Lipinski definition) is 0. The monoisotopic (exact) mass is 237 g/mol. The van der Waals surface area contributed by atoms with E-state index in [2.05, 4.69) is 36.7 Å². The number of nitrogens with zero attached hydrogens (tertiary/aromatic N) is 1. The van der Waals surface area contributed by atoms with E-state index in [1.807, 2.05) is 12.1 Å². The minimum atomic E-state index is 0.837. The van der Waals surface area contributed by atoms with Crippen molar-refractivity contribution in [3.63, 3.8) is 0 Å². The third-order valence-corrected chi connectivity index (χ3v) is 3.32. The molecule has 1 aromatic carbocycles. The molecule has 0 spiro atoms. The summed E-state index contributed by atoms with van der Waals surface area (Å²) in [6.07, 6.45) is 8.14. The maximum atomic E-state index is 5.35. The molecule has 0 atom stereocenters. The highest BCUT2D eigenvalue weighted by atomic mass is 16.3. The van der Waals surface area contributed by atoms with Gasteiger partial charge in [-0.3, -0.25) is 0 Å². The van der Waals surface area contributed by atoms with Crippen LogP contribution in [-0.2, 0) is 0 Å². The highest BCUT2D eigenvalue weighted by Gasteiger charge is 2.09. The van der Waals surface area contributed by atoms with Gasteiger partial charge in [-0.05, 0) is 48.6 Å². The Kier molecular flexibility index (Phi) is 2.63. The third kappa shape index (κ3) is 1.90. The summed E-state index contributed by atoms with van der Waals surface area (Å²) in [6.45, 7) is 6.09. The average Bonchev–Trinajstić information content (AvgIpc) is 2.86. The van der Waals surface area contributed by atoms with Crippen LogP contribution in [-0.4, -0.2) is 4.98 Å². The van der Waals surface area contributed by atoms with Crippen LogP contribution in [0.25, 0.3) is 16.7 Å². The second kappa shape index (κ2) is 4.30. The normalized spacial score (nSPS) is 15.4. The minimum Gasteiger partial charge on any atom is -0.443 e. The van der Waals surface area contributed by atoms with Gasteiger partial charge in [-0.25, -0.2) is 4.98 Å². The van der Waals surface area contributed by atoms with Gasteiger partial charge >= 0.3 is 0 Å². The van der Waals surface area contributed by atoms with Crippen molar-refractivity contribution >= 4 is 16.7 Å². The van der Waals surface area contributed by atoms with Crippen LogP contribution in [0.2, 0.25) is 0 Å². The number of rotatable bonds is 2. The van der Waals surface area contributed by atoms with E-state index in [9.17, 15) is 0 Å². The molecule has 1 aliphatic rings. The predicted octanol–water partition coefficient (Wildman–Crippen LogP) is 4.51. The van der Waals surface area contributed by atoms with E-state index in [0.29, 0.717) is 0 Å². The zero-order valence-electron chi connectivity index (χ0n) is 10.4. The first-order chi connectivity index (χ1) is 8.74. The van der Waals surface area contributed by atoms with E-state index in [1.165, 1.54) is 23.1 Å². The van der Waals surface area contributed by atoms with Gasteiger partial charge in [0.2, 0.25) is 0 Å².